The number of thiazole rings is 1. The summed E-state index contributed by atoms with van der Waals surface area (Å²) in [6.07, 6.45) is 0.720. The molecule has 0 saturated heterocycles. The van der Waals surface area contributed by atoms with Gasteiger partial charge in [-0.1, -0.05) is 42.5 Å². The molecule has 0 aliphatic carbocycles. The lowest BCUT2D eigenvalue weighted by molar-refractivity contribution is 0.240. The van der Waals surface area contributed by atoms with Gasteiger partial charge >= 0.3 is 6.03 Å². The summed E-state index contributed by atoms with van der Waals surface area (Å²) in [6, 6.07) is 17.6. The van der Waals surface area contributed by atoms with E-state index in [2.05, 4.69) is 22.8 Å². The SMILES string of the molecule is CC1=C(c2nc(-c3ccc(N)cc3)cs2)C(Cc2ccccc2)NC(=O)N1. The number of urea groups is 1. The molecule has 0 saturated carbocycles. The maximum Gasteiger partial charge on any atom is 0.319 e. The largest absolute Gasteiger partial charge is 0.399 e. The average molecular weight is 376 g/mol. The van der Waals surface area contributed by atoms with E-state index in [1.807, 2.05) is 54.8 Å². The van der Waals surface area contributed by atoms with E-state index < -0.39 is 0 Å². The number of carbonyl (C=O) groups is 1. The summed E-state index contributed by atoms with van der Waals surface area (Å²) in [7, 11) is 0. The molecule has 0 spiro atoms. The van der Waals surface area contributed by atoms with Gasteiger partial charge < -0.3 is 16.4 Å². The summed E-state index contributed by atoms with van der Waals surface area (Å²) in [5.41, 5.74) is 11.5. The van der Waals surface area contributed by atoms with E-state index in [4.69, 9.17) is 10.7 Å². The summed E-state index contributed by atoms with van der Waals surface area (Å²) in [4.78, 5) is 16.9. The lowest BCUT2D eigenvalue weighted by atomic mass is 9.96. The molecule has 136 valence electrons. The van der Waals surface area contributed by atoms with Crippen molar-refractivity contribution >= 4 is 28.6 Å². The number of aromatic nitrogens is 1. The minimum Gasteiger partial charge on any atom is -0.399 e. The molecule has 0 fully saturated rings. The number of benzene rings is 2. The fraction of sp³-hybridized carbons (Fsp3) is 0.143. The van der Waals surface area contributed by atoms with Crippen LogP contribution in [0.3, 0.4) is 0 Å². The molecule has 0 bridgehead atoms. The van der Waals surface area contributed by atoms with Crippen LogP contribution in [-0.4, -0.2) is 17.1 Å². The number of nitrogens with two attached hydrogens (primary N) is 1. The second-order valence-corrected chi connectivity index (χ2v) is 7.40. The normalized spacial score (nSPS) is 16.8. The van der Waals surface area contributed by atoms with Gasteiger partial charge in [-0.15, -0.1) is 11.3 Å². The quantitative estimate of drug-likeness (QED) is 0.601. The van der Waals surface area contributed by atoms with Crippen LogP contribution in [0.25, 0.3) is 16.8 Å². The van der Waals surface area contributed by atoms with E-state index in [0.29, 0.717) is 0 Å². The monoisotopic (exact) mass is 376 g/mol. The molecule has 1 aromatic heterocycles. The zero-order valence-corrected chi connectivity index (χ0v) is 15.7. The number of anilines is 1. The second-order valence-electron chi connectivity index (χ2n) is 6.54. The van der Waals surface area contributed by atoms with Crippen LogP contribution in [0.4, 0.5) is 10.5 Å². The lowest BCUT2D eigenvalue weighted by Gasteiger charge is -2.28. The van der Waals surface area contributed by atoms with Crippen LogP contribution in [0, 0.1) is 0 Å². The first-order valence-electron chi connectivity index (χ1n) is 8.74. The molecule has 1 aliphatic rings. The highest BCUT2D eigenvalue weighted by Gasteiger charge is 2.28. The van der Waals surface area contributed by atoms with Crippen LogP contribution >= 0.6 is 11.3 Å². The van der Waals surface area contributed by atoms with Crippen molar-refractivity contribution in [3.05, 3.63) is 76.2 Å². The predicted octanol–water partition coefficient (Wildman–Crippen LogP) is 4.05. The van der Waals surface area contributed by atoms with Gasteiger partial charge in [-0.05, 0) is 31.0 Å². The smallest absolute Gasteiger partial charge is 0.319 e. The fourth-order valence-electron chi connectivity index (χ4n) is 3.26. The Labute approximate surface area is 162 Å². The highest BCUT2D eigenvalue weighted by atomic mass is 32.1. The highest BCUT2D eigenvalue weighted by molar-refractivity contribution is 7.11. The van der Waals surface area contributed by atoms with Gasteiger partial charge in [0.1, 0.15) is 5.01 Å². The number of nitrogens with zero attached hydrogens (tertiary/aromatic N) is 1. The van der Waals surface area contributed by atoms with E-state index in [1.54, 1.807) is 11.3 Å². The molecule has 0 radical (unpaired) electrons. The summed E-state index contributed by atoms with van der Waals surface area (Å²) < 4.78 is 0. The van der Waals surface area contributed by atoms with Crippen LogP contribution < -0.4 is 16.4 Å². The Balaban J connectivity index is 1.68. The van der Waals surface area contributed by atoms with Crippen molar-refractivity contribution in [3.63, 3.8) is 0 Å². The number of amides is 2. The lowest BCUT2D eigenvalue weighted by Crippen LogP contribution is -2.48. The predicted molar refractivity (Wildman–Crippen MR) is 110 cm³/mol. The van der Waals surface area contributed by atoms with Crippen molar-refractivity contribution in [2.45, 2.75) is 19.4 Å². The van der Waals surface area contributed by atoms with Gasteiger partial charge in [0.15, 0.2) is 0 Å². The van der Waals surface area contributed by atoms with Gasteiger partial charge in [-0.3, -0.25) is 0 Å². The molecule has 2 heterocycles. The number of carbonyl (C=O) groups excluding carboxylic acids is 1. The third kappa shape index (κ3) is 3.71. The molecular formula is C21H20N4OS. The van der Waals surface area contributed by atoms with Crippen molar-refractivity contribution in [1.82, 2.24) is 15.6 Å². The van der Waals surface area contributed by atoms with Crippen LogP contribution in [-0.2, 0) is 6.42 Å². The Hall–Kier alpha value is -3.12. The Kier molecular flexibility index (Phi) is 4.64. The zero-order valence-electron chi connectivity index (χ0n) is 14.9. The first kappa shape index (κ1) is 17.3. The number of nitrogen functional groups attached to an aromatic ring is 1. The van der Waals surface area contributed by atoms with Gasteiger partial charge in [0.25, 0.3) is 0 Å². The Bertz CT molecular complexity index is 993. The minimum absolute atomic E-state index is 0.119. The first-order valence-corrected chi connectivity index (χ1v) is 9.62. The second kappa shape index (κ2) is 7.25. The van der Waals surface area contributed by atoms with Crippen molar-refractivity contribution in [2.75, 3.05) is 5.73 Å². The third-order valence-electron chi connectivity index (χ3n) is 4.58. The van der Waals surface area contributed by atoms with E-state index in [0.717, 1.165) is 39.6 Å². The molecule has 2 amide bonds. The summed E-state index contributed by atoms with van der Waals surface area (Å²) in [6.45, 7) is 1.93. The van der Waals surface area contributed by atoms with Crippen molar-refractivity contribution in [1.29, 1.82) is 0 Å². The van der Waals surface area contributed by atoms with E-state index in [-0.39, 0.29) is 12.1 Å². The molecule has 4 N–H and O–H groups in total. The van der Waals surface area contributed by atoms with E-state index in [1.165, 1.54) is 5.56 Å². The van der Waals surface area contributed by atoms with Crippen molar-refractivity contribution in [2.24, 2.45) is 0 Å². The fourth-order valence-corrected chi connectivity index (χ4v) is 4.25. The summed E-state index contributed by atoms with van der Waals surface area (Å²) in [5.74, 6) is 0. The summed E-state index contributed by atoms with van der Waals surface area (Å²) >= 11 is 1.58. The van der Waals surface area contributed by atoms with Crippen LogP contribution in [0.15, 0.2) is 65.7 Å². The zero-order chi connectivity index (χ0) is 18.8. The molecule has 27 heavy (non-hydrogen) atoms. The van der Waals surface area contributed by atoms with Gasteiger partial charge in [-0.2, -0.15) is 0 Å². The minimum atomic E-state index is -0.174. The number of rotatable bonds is 4. The van der Waals surface area contributed by atoms with Crippen LogP contribution in [0.5, 0.6) is 0 Å². The number of nitrogens with one attached hydrogen (secondary N) is 2. The van der Waals surface area contributed by atoms with Gasteiger partial charge in [0.2, 0.25) is 0 Å². The molecule has 2 aromatic carbocycles. The Morgan fingerprint density at radius 3 is 2.59 bits per heavy atom. The van der Waals surface area contributed by atoms with Crippen molar-refractivity contribution in [3.8, 4) is 11.3 Å². The number of allylic oxidation sites excluding steroid dienone is 1. The van der Waals surface area contributed by atoms with E-state index in [9.17, 15) is 4.79 Å². The molecule has 5 nitrogen and oxygen atoms in total. The van der Waals surface area contributed by atoms with Crippen molar-refractivity contribution < 1.29 is 4.79 Å². The van der Waals surface area contributed by atoms with Crippen LogP contribution in [0.1, 0.15) is 17.5 Å². The molecule has 1 atom stereocenters. The first-order chi connectivity index (χ1) is 13.1. The Morgan fingerprint density at radius 1 is 1.11 bits per heavy atom. The van der Waals surface area contributed by atoms with Gasteiger partial charge in [-0.25, -0.2) is 9.78 Å². The highest BCUT2D eigenvalue weighted by Crippen LogP contribution is 2.32. The number of hydrogen-bond acceptors (Lipinski definition) is 4. The van der Waals surface area contributed by atoms with E-state index >= 15 is 0 Å². The standard InChI is InChI=1S/C21H20N4OS/c1-13-19(17(25-21(26)23-13)11-14-5-3-2-4-6-14)20-24-18(12-27-20)15-7-9-16(22)10-8-15/h2-10,12,17H,11,22H2,1H3,(H2,23,25,26). The third-order valence-corrected chi connectivity index (χ3v) is 5.46. The molecule has 1 aliphatic heterocycles. The molecule has 4 rings (SSSR count). The maximum atomic E-state index is 12.0. The molecule has 6 heteroatoms. The topological polar surface area (TPSA) is 80.0 Å². The average Bonchev–Trinajstić information content (AvgIpc) is 3.12. The maximum absolute atomic E-state index is 12.0. The van der Waals surface area contributed by atoms with Gasteiger partial charge in [0, 0.05) is 27.9 Å². The molecular weight excluding hydrogens is 356 g/mol. The molecule has 3 aromatic rings. The van der Waals surface area contributed by atoms with Crippen LogP contribution in [0.2, 0.25) is 0 Å². The Morgan fingerprint density at radius 2 is 1.85 bits per heavy atom. The van der Waals surface area contributed by atoms with Gasteiger partial charge in [0.05, 0.1) is 11.7 Å². The molecule has 1 unspecified atom stereocenters. The summed E-state index contributed by atoms with van der Waals surface area (Å²) in [5, 5.41) is 8.87. The number of hydrogen-bond donors (Lipinski definition) is 3.